The van der Waals surface area contributed by atoms with E-state index < -0.39 is 27.9 Å². The number of para-hydroxylation sites is 2. The fourth-order valence-electron chi connectivity index (χ4n) is 4.67. The Morgan fingerprint density at radius 3 is 2.41 bits per heavy atom. The Morgan fingerprint density at radius 1 is 1.00 bits per heavy atom. The Hall–Kier alpha value is -3.89. The lowest BCUT2D eigenvalue weighted by Gasteiger charge is -2.37. The van der Waals surface area contributed by atoms with E-state index in [4.69, 9.17) is 11.6 Å². The summed E-state index contributed by atoms with van der Waals surface area (Å²) in [6.07, 6.45) is 1.37. The molecule has 0 spiro atoms. The van der Waals surface area contributed by atoms with Crippen molar-refractivity contribution in [2.45, 2.75) is 57.4 Å². The number of rotatable bonds is 10. The molecule has 3 aromatic rings. The van der Waals surface area contributed by atoms with Gasteiger partial charge in [0, 0.05) is 23.7 Å². The fraction of sp³-hybridized carbons (Fsp3) is 0.300. The van der Waals surface area contributed by atoms with Gasteiger partial charge >= 0.3 is 0 Å². The quantitative estimate of drug-likeness (QED) is 0.305. The number of amides is 3. The molecule has 0 unspecified atom stereocenters. The van der Waals surface area contributed by atoms with Crippen LogP contribution in [0.25, 0.3) is 0 Å². The molecule has 216 valence electrons. The summed E-state index contributed by atoms with van der Waals surface area (Å²) in [4.78, 5) is 38.0. The lowest BCUT2D eigenvalue weighted by atomic mass is 10.1. The number of benzene rings is 3. The van der Waals surface area contributed by atoms with Gasteiger partial charge in [0.1, 0.15) is 6.04 Å². The summed E-state index contributed by atoms with van der Waals surface area (Å²) >= 11 is 6.21. The van der Waals surface area contributed by atoms with Crippen molar-refractivity contribution < 1.29 is 22.8 Å². The van der Waals surface area contributed by atoms with Gasteiger partial charge in [-0.25, -0.2) is 8.42 Å². The maximum atomic E-state index is 14.0. The van der Waals surface area contributed by atoms with Gasteiger partial charge in [0.25, 0.3) is 10.0 Å². The van der Waals surface area contributed by atoms with Gasteiger partial charge in [-0.05, 0) is 79.8 Å². The molecule has 3 aromatic carbocycles. The van der Waals surface area contributed by atoms with E-state index in [1.807, 2.05) is 19.1 Å². The zero-order valence-electron chi connectivity index (χ0n) is 23.2. The summed E-state index contributed by atoms with van der Waals surface area (Å²) in [6, 6.07) is 15.7. The Bertz CT molecular complexity index is 1570. The molecule has 0 fully saturated rings. The van der Waals surface area contributed by atoms with E-state index in [2.05, 4.69) is 16.0 Å². The van der Waals surface area contributed by atoms with Crippen LogP contribution in [0.15, 0.2) is 65.6 Å². The molecule has 0 saturated carbocycles. The van der Waals surface area contributed by atoms with E-state index in [9.17, 15) is 22.8 Å². The first-order valence-electron chi connectivity index (χ1n) is 13.4. The van der Waals surface area contributed by atoms with Gasteiger partial charge in [-0.1, -0.05) is 42.8 Å². The third kappa shape index (κ3) is 6.89. The predicted octanol–water partition coefficient (Wildman–Crippen LogP) is 4.96. The number of hydrogen-bond acceptors (Lipinski definition) is 5. The third-order valence-corrected chi connectivity index (χ3v) is 9.18. The van der Waals surface area contributed by atoms with Crippen LogP contribution in [0.2, 0.25) is 5.02 Å². The molecule has 0 saturated heterocycles. The lowest BCUT2D eigenvalue weighted by molar-refractivity contribution is -0.125. The number of fused-ring (bicyclic) bond motifs is 1. The highest BCUT2D eigenvalue weighted by molar-refractivity contribution is 7.93. The van der Waals surface area contributed by atoms with E-state index in [-0.39, 0.29) is 29.5 Å². The number of nitrogens with zero attached hydrogens (tertiary/aromatic N) is 1. The highest BCUT2D eigenvalue weighted by Gasteiger charge is 2.42. The van der Waals surface area contributed by atoms with Gasteiger partial charge in [-0.15, -0.1) is 0 Å². The molecule has 0 radical (unpaired) electrons. The summed E-state index contributed by atoms with van der Waals surface area (Å²) < 4.78 is 29.1. The maximum absolute atomic E-state index is 14.0. The second-order valence-electron chi connectivity index (χ2n) is 9.99. The van der Waals surface area contributed by atoms with Crippen molar-refractivity contribution in [1.29, 1.82) is 0 Å². The summed E-state index contributed by atoms with van der Waals surface area (Å²) in [5.74, 6) is -1.09. The van der Waals surface area contributed by atoms with Crippen molar-refractivity contribution in [2.24, 2.45) is 0 Å². The van der Waals surface area contributed by atoms with Crippen LogP contribution in [-0.2, 0) is 30.8 Å². The van der Waals surface area contributed by atoms with E-state index in [1.54, 1.807) is 56.3 Å². The SMILES string of the molecule is CCCC(=O)Nc1ccc(CCNC(=O)C[C@@H]2C(=O)Nc3ccccc3N2S(=O)(=O)c2cc(C)c(Cl)cc2C)cc1. The molecule has 0 aliphatic carbocycles. The molecule has 1 aliphatic rings. The summed E-state index contributed by atoms with van der Waals surface area (Å²) in [6.45, 7) is 5.57. The summed E-state index contributed by atoms with van der Waals surface area (Å²) in [7, 11) is -4.25. The van der Waals surface area contributed by atoms with Crippen molar-refractivity contribution in [3.63, 3.8) is 0 Å². The Kier molecular flexibility index (Phi) is 9.35. The standard InChI is InChI=1S/C30H33ClN4O5S/c1-4-7-28(36)33-22-12-10-21(11-13-22)14-15-32-29(37)18-26-30(38)34-24-8-5-6-9-25(24)35(26)41(39,40)27-17-19(2)23(31)16-20(27)3/h5-6,8-13,16-17,26H,4,7,14-15,18H2,1-3H3,(H,32,37)(H,33,36)(H,34,38)/t26-/m1/s1. The van der Waals surface area contributed by atoms with Crippen LogP contribution in [0, 0.1) is 13.8 Å². The van der Waals surface area contributed by atoms with Crippen LogP contribution in [0.3, 0.4) is 0 Å². The maximum Gasteiger partial charge on any atom is 0.265 e. The van der Waals surface area contributed by atoms with Gasteiger partial charge in [-0.3, -0.25) is 18.7 Å². The number of sulfonamides is 1. The van der Waals surface area contributed by atoms with Crippen LogP contribution in [0.5, 0.6) is 0 Å². The minimum Gasteiger partial charge on any atom is -0.356 e. The zero-order valence-corrected chi connectivity index (χ0v) is 24.7. The van der Waals surface area contributed by atoms with Crippen LogP contribution in [0.1, 0.15) is 42.9 Å². The first-order valence-corrected chi connectivity index (χ1v) is 15.2. The van der Waals surface area contributed by atoms with Crippen molar-refractivity contribution in [3.05, 3.63) is 82.4 Å². The molecule has 41 heavy (non-hydrogen) atoms. The van der Waals surface area contributed by atoms with Crippen LogP contribution >= 0.6 is 11.6 Å². The van der Waals surface area contributed by atoms with Crippen molar-refractivity contribution in [3.8, 4) is 0 Å². The average Bonchev–Trinajstić information content (AvgIpc) is 2.92. The predicted molar refractivity (Wildman–Crippen MR) is 161 cm³/mol. The van der Waals surface area contributed by atoms with Gasteiger partial charge < -0.3 is 16.0 Å². The van der Waals surface area contributed by atoms with Crippen molar-refractivity contribution in [2.75, 3.05) is 21.5 Å². The molecular formula is C30H33ClN4O5S. The average molecular weight is 597 g/mol. The Morgan fingerprint density at radius 2 is 1.71 bits per heavy atom. The molecule has 1 atom stereocenters. The van der Waals surface area contributed by atoms with Gasteiger partial charge in [-0.2, -0.15) is 0 Å². The number of carbonyl (C=O) groups is 3. The monoisotopic (exact) mass is 596 g/mol. The molecule has 3 amide bonds. The van der Waals surface area contributed by atoms with E-state index in [1.165, 1.54) is 6.07 Å². The molecule has 3 N–H and O–H groups in total. The Labute approximate surface area is 245 Å². The fourth-order valence-corrected chi connectivity index (χ4v) is 6.82. The number of hydrogen-bond donors (Lipinski definition) is 3. The second kappa shape index (κ2) is 12.7. The number of aryl methyl sites for hydroxylation is 2. The summed E-state index contributed by atoms with van der Waals surface area (Å²) in [5, 5.41) is 8.80. The highest BCUT2D eigenvalue weighted by atomic mass is 35.5. The number of halogens is 1. The van der Waals surface area contributed by atoms with E-state index >= 15 is 0 Å². The number of carbonyl (C=O) groups excluding carboxylic acids is 3. The third-order valence-electron chi connectivity index (χ3n) is 6.81. The number of nitrogens with one attached hydrogen (secondary N) is 3. The van der Waals surface area contributed by atoms with Crippen molar-refractivity contribution in [1.82, 2.24) is 5.32 Å². The molecule has 1 aliphatic heterocycles. The second-order valence-corrected chi connectivity index (χ2v) is 12.2. The van der Waals surface area contributed by atoms with E-state index in [0.717, 1.165) is 16.3 Å². The summed E-state index contributed by atoms with van der Waals surface area (Å²) in [5.41, 5.74) is 3.28. The normalized spacial score (nSPS) is 14.7. The molecular weight excluding hydrogens is 564 g/mol. The van der Waals surface area contributed by atoms with Gasteiger partial charge in [0.15, 0.2) is 0 Å². The first kappa shape index (κ1) is 30.1. The minimum atomic E-state index is -4.25. The van der Waals surface area contributed by atoms with Gasteiger partial charge in [0.05, 0.1) is 22.7 Å². The molecule has 0 aromatic heterocycles. The Balaban J connectivity index is 1.49. The zero-order chi connectivity index (χ0) is 29.7. The molecule has 11 heteroatoms. The smallest absolute Gasteiger partial charge is 0.265 e. The first-order chi connectivity index (χ1) is 19.5. The molecule has 4 rings (SSSR count). The highest BCUT2D eigenvalue weighted by Crippen LogP contribution is 2.38. The van der Waals surface area contributed by atoms with Crippen LogP contribution in [0.4, 0.5) is 17.1 Å². The van der Waals surface area contributed by atoms with Gasteiger partial charge in [0.2, 0.25) is 17.7 Å². The lowest BCUT2D eigenvalue weighted by Crippen LogP contribution is -2.53. The topological polar surface area (TPSA) is 125 Å². The minimum absolute atomic E-state index is 0.0173. The largest absolute Gasteiger partial charge is 0.356 e. The number of anilines is 3. The van der Waals surface area contributed by atoms with Crippen molar-refractivity contribution >= 4 is 56.4 Å². The van der Waals surface area contributed by atoms with Crippen LogP contribution < -0.4 is 20.3 Å². The van der Waals surface area contributed by atoms with E-state index in [0.29, 0.717) is 40.4 Å². The molecule has 0 bridgehead atoms. The van der Waals surface area contributed by atoms with Crippen LogP contribution in [-0.4, -0.2) is 38.7 Å². The molecule has 1 heterocycles. The molecule has 9 nitrogen and oxygen atoms in total.